The fourth-order valence-electron chi connectivity index (χ4n) is 2.22. The predicted octanol–water partition coefficient (Wildman–Crippen LogP) is 3.45. The molecule has 0 unspecified atom stereocenters. The highest BCUT2D eigenvalue weighted by molar-refractivity contribution is 5.75. The lowest BCUT2D eigenvalue weighted by atomic mass is 10.1. The van der Waals surface area contributed by atoms with Gasteiger partial charge in [-0.25, -0.2) is 4.98 Å². The minimum Gasteiger partial charge on any atom is -0.331 e. The molecule has 0 bridgehead atoms. The largest absolute Gasteiger partial charge is 0.331 e. The summed E-state index contributed by atoms with van der Waals surface area (Å²) >= 11 is 0. The van der Waals surface area contributed by atoms with Gasteiger partial charge >= 0.3 is 0 Å². The van der Waals surface area contributed by atoms with Gasteiger partial charge < -0.3 is 9.88 Å². The van der Waals surface area contributed by atoms with Crippen molar-refractivity contribution in [1.82, 2.24) is 14.9 Å². The van der Waals surface area contributed by atoms with Crippen molar-refractivity contribution in [1.29, 1.82) is 0 Å². The molecule has 0 fully saturated rings. The Hall–Kier alpha value is -1.61. The maximum absolute atomic E-state index is 4.67. The Balaban J connectivity index is 1.88. The maximum atomic E-state index is 4.67. The van der Waals surface area contributed by atoms with E-state index in [9.17, 15) is 0 Å². The summed E-state index contributed by atoms with van der Waals surface area (Å²) in [7, 11) is 2.08. The van der Waals surface area contributed by atoms with E-state index in [1.807, 2.05) is 6.07 Å². The smallest absolute Gasteiger partial charge is 0.113 e. The van der Waals surface area contributed by atoms with Gasteiger partial charge in [0.25, 0.3) is 0 Å². The number of hydrogen-bond donors (Lipinski definition) is 1. The molecule has 1 N–H and O–H groups in total. The Morgan fingerprint density at radius 2 is 1.95 bits per heavy atom. The van der Waals surface area contributed by atoms with Crippen LogP contribution >= 0.6 is 0 Å². The van der Waals surface area contributed by atoms with E-state index in [4.69, 9.17) is 0 Å². The number of imidazole rings is 1. The average Bonchev–Trinajstić information content (AvgIpc) is 2.70. The van der Waals surface area contributed by atoms with Gasteiger partial charge in [0.15, 0.2) is 0 Å². The highest BCUT2D eigenvalue weighted by Gasteiger charge is 2.06. The molecule has 2 rings (SSSR count). The van der Waals surface area contributed by atoms with E-state index in [2.05, 4.69) is 73.0 Å². The lowest BCUT2D eigenvalue weighted by Gasteiger charge is -2.19. The topological polar surface area (TPSA) is 29.9 Å². The van der Waals surface area contributed by atoms with Gasteiger partial charge in [0, 0.05) is 19.0 Å². The molecule has 3 heteroatoms. The molecule has 3 nitrogen and oxygen atoms in total. The monoisotopic (exact) mass is 271 g/mol. The van der Waals surface area contributed by atoms with Crippen LogP contribution in [0.1, 0.15) is 33.0 Å². The fourth-order valence-corrected chi connectivity index (χ4v) is 2.22. The van der Waals surface area contributed by atoms with Gasteiger partial charge in [0.1, 0.15) is 5.82 Å². The van der Waals surface area contributed by atoms with Crippen LogP contribution in [-0.2, 0) is 13.5 Å². The molecule has 0 spiro atoms. The van der Waals surface area contributed by atoms with Crippen molar-refractivity contribution in [2.45, 2.75) is 39.2 Å². The molecule has 108 valence electrons. The first-order valence-corrected chi connectivity index (χ1v) is 7.28. The van der Waals surface area contributed by atoms with Crippen molar-refractivity contribution in [3.8, 4) is 0 Å². The van der Waals surface area contributed by atoms with Crippen molar-refractivity contribution in [3.63, 3.8) is 0 Å². The number of hydrogen-bond acceptors (Lipinski definition) is 2. The summed E-state index contributed by atoms with van der Waals surface area (Å²) in [5, 5.41) is 3.48. The second-order valence-electron chi connectivity index (χ2n) is 6.22. The number of rotatable bonds is 5. The Bertz CT molecular complexity index is 588. The Labute approximate surface area is 121 Å². The van der Waals surface area contributed by atoms with Crippen LogP contribution in [0.4, 0.5) is 0 Å². The number of nitrogens with one attached hydrogen (secondary N) is 1. The van der Waals surface area contributed by atoms with Crippen LogP contribution in [0.3, 0.4) is 0 Å². The first kappa shape index (κ1) is 14.8. The Morgan fingerprint density at radius 1 is 1.20 bits per heavy atom. The molecule has 1 aromatic heterocycles. The third-order valence-electron chi connectivity index (χ3n) is 3.31. The molecule has 0 saturated heterocycles. The second-order valence-corrected chi connectivity index (χ2v) is 6.22. The van der Waals surface area contributed by atoms with Gasteiger partial charge in [-0.1, -0.05) is 24.3 Å². The zero-order valence-electron chi connectivity index (χ0n) is 13.0. The van der Waals surface area contributed by atoms with Crippen LogP contribution in [-0.4, -0.2) is 21.6 Å². The third kappa shape index (κ3) is 3.94. The molecule has 0 amide bonds. The minimum absolute atomic E-state index is 0.200. The van der Waals surface area contributed by atoms with E-state index in [-0.39, 0.29) is 5.54 Å². The molecular formula is C17H25N3. The summed E-state index contributed by atoms with van der Waals surface area (Å²) in [6.07, 6.45) is 6.39. The molecule has 1 aromatic carbocycles. The molecule has 1 heterocycles. The molecule has 0 aliphatic carbocycles. The van der Waals surface area contributed by atoms with E-state index < -0.39 is 0 Å². The van der Waals surface area contributed by atoms with Gasteiger partial charge in [0.05, 0.1) is 11.0 Å². The first-order chi connectivity index (χ1) is 9.47. The highest BCUT2D eigenvalue weighted by atomic mass is 15.1. The second kappa shape index (κ2) is 6.23. The van der Waals surface area contributed by atoms with E-state index in [1.54, 1.807) is 0 Å². The van der Waals surface area contributed by atoms with Crippen LogP contribution in [0.15, 0.2) is 36.4 Å². The Kier molecular flexibility index (Phi) is 4.61. The summed E-state index contributed by atoms with van der Waals surface area (Å²) in [6.45, 7) is 7.59. The van der Waals surface area contributed by atoms with Gasteiger partial charge in [-0.15, -0.1) is 0 Å². The number of aromatic nitrogens is 2. The third-order valence-corrected chi connectivity index (χ3v) is 3.31. The highest BCUT2D eigenvalue weighted by Crippen LogP contribution is 2.14. The summed E-state index contributed by atoms with van der Waals surface area (Å²) < 4.78 is 2.17. The predicted molar refractivity (Wildman–Crippen MR) is 85.9 cm³/mol. The normalized spacial score (nSPS) is 12.6. The number of aryl methyl sites for hydroxylation is 1. The van der Waals surface area contributed by atoms with Crippen LogP contribution < -0.4 is 5.32 Å². The summed E-state index contributed by atoms with van der Waals surface area (Å²) in [5.41, 5.74) is 2.48. The standard InChI is InChI=1S/C17H25N3/c1-17(2,3)18-13-9-5-6-12-16-19-14-10-7-8-11-15(14)20(16)4/h5-8,10-11,18H,9,12-13H2,1-4H3. The number of fused-ring (bicyclic) bond motifs is 1. The lowest BCUT2D eigenvalue weighted by Crippen LogP contribution is -2.36. The molecule has 0 aliphatic rings. The molecule has 0 radical (unpaired) electrons. The summed E-state index contributed by atoms with van der Waals surface area (Å²) in [6, 6.07) is 8.27. The van der Waals surface area contributed by atoms with E-state index >= 15 is 0 Å². The van der Waals surface area contributed by atoms with Crippen molar-refractivity contribution in [3.05, 3.63) is 42.2 Å². The van der Waals surface area contributed by atoms with Crippen molar-refractivity contribution >= 4 is 11.0 Å². The maximum Gasteiger partial charge on any atom is 0.113 e. The van der Waals surface area contributed by atoms with Gasteiger partial charge in [-0.3, -0.25) is 0 Å². The van der Waals surface area contributed by atoms with Crippen LogP contribution in [0.2, 0.25) is 0 Å². The quantitative estimate of drug-likeness (QED) is 0.667. The molecule has 0 atom stereocenters. The van der Waals surface area contributed by atoms with Crippen molar-refractivity contribution in [2.75, 3.05) is 6.54 Å². The zero-order valence-corrected chi connectivity index (χ0v) is 13.0. The number of para-hydroxylation sites is 2. The number of benzene rings is 1. The van der Waals surface area contributed by atoms with E-state index in [1.165, 1.54) is 5.52 Å². The average molecular weight is 271 g/mol. The number of allylic oxidation sites excluding steroid dienone is 1. The molecular weight excluding hydrogens is 246 g/mol. The SMILES string of the molecule is Cn1c(CC=CCCNC(C)(C)C)nc2ccccc21. The van der Waals surface area contributed by atoms with E-state index in [0.29, 0.717) is 0 Å². The molecule has 20 heavy (non-hydrogen) atoms. The summed E-state index contributed by atoms with van der Waals surface area (Å²) in [5.74, 6) is 1.12. The van der Waals surface area contributed by atoms with E-state index in [0.717, 1.165) is 30.7 Å². The van der Waals surface area contributed by atoms with Crippen LogP contribution in [0.5, 0.6) is 0 Å². The fraction of sp³-hybridized carbons (Fsp3) is 0.471. The molecule has 2 aromatic rings. The zero-order chi connectivity index (χ0) is 14.6. The Morgan fingerprint density at radius 3 is 2.65 bits per heavy atom. The number of nitrogens with zero attached hydrogens (tertiary/aromatic N) is 2. The molecule has 0 aliphatic heterocycles. The van der Waals surface area contributed by atoms with Crippen LogP contribution in [0.25, 0.3) is 11.0 Å². The first-order valence-electron chi connectivity index (χ1n) is 7.28. The van der Waals surface area contributed by atoms with Crippen molar-refractivity contribution < 1.29 is 0 Å². The summed E-state index contributed by atoms with van der Waals surface area (Å²) in [4.78, 5) is 4.67. The van der Waals surface area contributed by atoms with Gasteiger partial charge in [0.2, 0.25) is 0 Å². The minimum atomic E-state index is 0.200. The lowest BCUT2D eigenvalue weighted by molar-refractivity contribution is 0.431. The van der Waals surface area contributed by atoms with Gasteiger partial charge in [-0.05, 0) is 45.9 Å². The van der Waals surface area contributed by atoms with Crippen LogP contribution in [0, 0.1) is 0 Å². The van der Waals surface area contributed by atoms with Crippen molar-refractivity contribution in [2.24, 2.45) is 7.05 Å². The molecule has 0 saturated carbocycles. The van der Waals surface area contributed by atoms with Gasteiger partial charge in [-0.2, -0.15) is 0 Å².